The molecule has 0 aliphatic carbocycles. The van der Waals surface area contributed by atoms with Crippen LogP contribution >= 0.6 is 0 Å². The molecule has 16 heavy (non-hydrogen) atoms. The van der Waals surface area contributed by atoms with Gasteiger partial charge in [-0.2, -0.15) is 0 Å². The molecule has 0 saturated carbocycles. The standard InChI is InChI=1S/C14H31NSi/c1-7-12(5)14(13(6)8-2)11-16-15(9-3)10-4/h11-13H,7-10,16H2,1-6H3. The molecule has 0 aromatic heterocycles. The van der Waals surface area contributed by atoms with Gasteiger partial charge in [-0.3, -0.25) is 0 Å². The molecule has 0 radical (unpaired) electrons. The molecule has 0 fully saturated rings. The summed E-state index contributed by atoms with van der Waals surface area (Å²) in [5, 5.41) is 0. The first-order valence-electron chi connectivity index (χ1n) is 7.02. The molecule has 2 atom stereocenters. The molecular formula is C14H31NSi. The van der Waals surface area contributed by atoms with Crippen molar-refractivity contribution in [1.29, 1.82) is 0 Å². The van der Waals surface area contributed by atoms with E-state index in [1.807, 2.05) is 0 Å². The Labute approximate surface area is 105 Å². The molecule has 0 spiro atoms. The Hall–Kier alpha value is -0.0831. The first kappa shape index (κ1) is 15.9. The van der Waals surface area contributed by atoms with E-state index < -0.39 is 0 Å². The van der Waals surface area contributed by atoms with Crippen molar-refractivity contribution < 1.29 is 0 Å². The van der Waals surface area contributed by atoms with Gasteiger partial charge >= 0.3 is 0 Å². The van der Waals surface area contributed by atoms with Crippen LogP contribution in [0.1, 0.15) is 54.4 Å². The molecule has 0 aliphatic heterocycles. The fourth-order valence-corrected chi connectivity index (χ4v) is 3.87. The van der Waals surface area contributed by atoms with Gasteiger partial charge in [-0.05, 0) is 37.8 Å². The number of hydrogen-bond acceptors (Lipinski definition) is 1. The summed E-state index contributed by atoms with van der Waals surface area (Å²) in [5.41, 5.74) is 4.35. The topological polar surface area (TPSA) is 3.24 Å². The fraction of sp³-hybridized carbons (Fsp3) is 0.857. The summed E-state index contributed by atoms with van der Waals surface area (Å²) in [4.78, 5) is 0. The molecule has 0 aromatic carbocycles. The third-order valence-electron chi connectivity index (χ3n) is 3.84. The monoisotopic (exact) mass is 241 g/mol. The maximum absolute atomic E-state index is 2.62. The summed E-state index contributed by atoms with van der Waals surface area (Å²) >= 11 is 0. The summed E-state index contributed by atoms with van der Waals surface area (Å²) in [6, 6.07) is 0. The van der Waals surface area contributed by atoms with Gasteiger partial charge in [0.25, 0.3) is 0 Å². The van der Waals surface area contributed by atoms with Crippen LogP contribution in [-0.4, -0.2) is 27.3 Å². The lowest BCUT2D eigenvalue weighted by Gasteiger charge is -2.23. The highest BCUT2D eigenvalue weighted by Crippen LogP contribution is 2.24. The Morgan fingerprint density at radius 2 is 1.44 bits per heavy atom. The second kappa shape index (κ2) is 9.00. The molecule has 2 unspecified atom stereocenters. The van der Waals surface area contributed by atoms with E-state index in [2.05, 4.69) is 51.8 Å². The molecule has 0 N–H and O–H groups in total. The summed E-state index contributed by atoms with van der Waals surface area (Å²) in [6.07, 6.45) is 2.56. The number of rotatable bonds is 8. The molecule has 2 heteroatoms. The fourth-order valence-electron chi connectivity index (χ4n) is 2.08. The highest BCUT2D eigenvalue weighted by Gasteiger charge is 2.13. The second-order valence-corrected chi connectivity index (χ2v) is 6.48. The van der Waals surface area contributed by atoms with Crippen molar-refractivity contribution in [2.75, 3.05) is 13.1 Å². The molecule has 0 aliphatic rings. The smallest absolute Gasteiger partial charge is 0.119 e. The lowest BCUT2D eigenvalue weighted by Crippen LogP contribution is -2.27. The predicted octanol–water partition coefficient (Wildman–Crippen LogP) is 3.39. The maximum Gasteiger partial charge on any atom is 0.119 e. The van der Waals surface area contributed by atoms with Gasteiger partial charge in [0.15, 0.2) is 0 Å². The van der Waals surface area contributed by atoms with Gasteiger partial charge in [-0.15, -0.1) is 0 Å². The zero-order valence-electron chi connectivity index (χ0n) is 12.2. The van der Waals surface area contributed by atoms with Crippen molar-refractivity contribution in [1.82, 2.24) is 4.57 Å². The van der Waals surface area contributed by atoms with E-state index in [0.29, 0.717) is 0 Å². The average molecular weight is 241 g/mol. The SMILES string of the molecule is CCC(C)C(=C[SiH2]N(CC)CC)C(C)CC. The summed E-state index contributed by atoms with van der Waals surface area (Å²) in [7, 11) is -0.155. The highest BCUT2D eigenvalue weighted by atomic mass is 28.2. The van der Waals surface area contributed by atoms with E-state index in [4.69, 9.17) is 0 Å². The lowest BCUT2D eigenvalue weighted by molar-refractivity contribution is 0.494. The molecule has 0 amide bonds. The summed E-state index contributed by atoms with van der Waals surface area (Å²) in [6.45, 7) is 16.4. The Balaban J connectivity index is 4.55. The van der Waals surface area contributed by atoms with Gasteiger partial charge in [0.05, 0.1) is 0 Å². The Morgan fingerprint density at radius 1 is 1.00 bits per heavy atom. The largest absolute Gasteiger partial charge is 0.326 e. The third kappa shape index (κ3) is 5.31. The Bertz CT molecular complexity index is 185. The Kier molecular flexibility index (Phi) is 8.95. The molecule has 0 aromatic rings. The summed E-state index contributed by atoms with van der Waals surface area (Å²) in [5.74, 6) is 1.55. The van der Waals surface area contributed by atoms with Crippen LogP contribution in [-0.2, 0) is 0 Å². The zero-order valence-corrected chi connectivity index (χ0v) is 13.6. The number of nitrogens with zero attached hydrogens (tertiary/aromatic N) is 1. The normalized spacial score (nSPS) is 15.7. The summed E-state index contributed by atoms with van der Waals surface area (Å²) < 4.78 is 2.62. The van der Waals surface area contributed by atoms with Crippen LogP contribution in [0.3, 0.4) is 0 Å². The zero-order chi connectivity index (χ0) is 12.6. The number of allylic oxidation sites excluding steroid dienone is 1. The predicted molar refractivity (Wildman–Crippen MR) is 78.5 cm³/mol. The lowest BCUT2D eigenvalue weighted by atomic mass is 9.88. The molecule has 0 saturated heterocycles. The van der Waals surface area contributed by atoms with Gasteiger partial charge in [0.2, 0.25) is 0 Å². The second-order valence-electron chi connectivity index (χ2n) is 4.81. The van der Waals surface area contributed by atoms with Gasteiger partial charge in [0, 0.05) is 0 Å². The van der Waals surface area contributed by atoms with E-state index in [-0.39, 0.29) is 9.68 Å². The Morgan fingerprint density at radius 3 is 1.75 bits per heavy atom. The molecule has 0 rings (SSSR count). The van der Waals surface area contributed by atoms with Crippen LogP contribution in [0, 0.1) is 11.8 Å². The average Bonchev–Trinajstić information content (AvgIpc) is 2.33. The first-order chi connectivity index (χ1) is 7.60. The van der Waals surface area contributed by atoms with E-state index in [9.17, 15) is 0 Å². The minimum absolute atomic E-state index is 0.155. The van der Waals surface area contributed by atoms with Gasteiger partial charge < -0.3 is 4.57 Å². The van der Waals surface area contributed by atoms with E-state index in [0.717, 1.165) is 11.8 Å². The van der Waals surface area contributed by atoms with Crippen molar-refractivity contribution in [2.24, 2.45) is 11.8 Å². The van der Waals surface area contributed by atoms with Crippen LogP contribution in [0.25, 0.3) is 0 Å². The van der Waals surface area contributed by atoms with E-state index in [1.54, 1.807) is 5.57 Å². The minimum Gasteiger partial charge on any atom is -0.326 e. The van der Waals surface area contributed by atoms with Crippen molar-refractivity contribution in [3.8, 4) is 0 Å². The van der Waals surface area contributed by atoms with Crippen LogP contribution < -0.4 is 0 Å². The van der Waals surface area contributed by atoms with Crippen LogP contribution in [0.4, 0.5) is 0 Å². The van der Waals surface area contributed by atoms with E-state index >= 15 is 0 Å². The van der Waals surface area contributed by atoms with Gasteiger partial charge in [-0.1, -0.05) is 52.8 Å². The molecule has 0 heterocycles. The molecule has 96 valence electrons. The third-order valence-corrected chi connectivity index (χ3v) is 5.91. The molecule has 0 bridgehead atoms. The van der Waals surface area contributed by atoms with Crippen LogP contribution in [0.2, 0.25) is 0 Å². The number of hydrogen-bond donors (Lipinski definition) is 0. The first-order valence-corrected chi connectivity index (χ1v) is 8.47. The maximum atomic E-state index is 2.62. The van der Waals surface area contributed by atoms with Crippen molar-refractivity contribution in [3.63, 3.8) is 0 Å². The van der Waals surface area contributed by atoms with Gasteiger partial charge in [0.1, 0.15) is 9.68 Å². The van der Waals surface area contributed by atoms with Crippen molar-refractivity contribution in [3.05, 3.63) is 11.3 Å². The molecule has 1 nitrogen and oxygen atoms in total. The van der Waals surface area contributed by atoms with Crippen LogP contribution in [0.5, 0.6) is 0 Å². The van der Waals surface area contributed by atoms with Crippen molar-refractivity contribution >= 4 is 9.68 Å². The van der Waals surface area contributed by atoms with Crippen LogP contribution in [0.15, 0.2) is 11.3 Å². The van der Waals surface area contributed by atoms with E-state index in [1.165, 1.54) is 25.9 Å². The molecular weight excluding hydrogens is 210 g/mol. The van der Waals surface area contributed by atoms with Crippen molar-refractivity contribution in [2.45, 2.75) is 54.4 Å². The van der Waals surface area contributed by atoms with Gasteiger partial charge in [-0.25, -0.2) is 0 Å². The minimum atomic E-state index is -0.155. The quantitative estimate of drug-likeness (QED) is 0.589. The highest BCUT2D eigenvalue weighted by molar-refractivity contribution is 6.39.